The highest BCUT2D eigenvalue weighted by molar-refractivity contribution is 6.31. The largest absolute Gasteiger partial charge is 0.503 e. The Bertz CT molecular complexity index is 1240. The van der Waals surface area contributed by atoms with Gasteiger partial charge < -0.3 is 15.5 Å². The van der Waals surface area contributed by atoms with Crippen LogP contribution in [-0.2, 0) is 9.59 Å². The van der Waals surface area contributed by atoms with Crippen LogP contribution in [0.1, 0.15) is 34.5 Å². The van der Waals surface area contributed by atoms with E-state index in [-0.39, 0.29) is 32.7 Å². The summed E-state index contributed by atoms with van der Waals surface area (Å²) in [6.45, 7) is 2.16. The molecule has 162 valence electrons. The first-order valence-corrected chi connectivity index (χ1v) is 9.44. The molecular weight excluding hydrogens is 434 g/mol. The summed E-state index contributed by atoms with van der Waals surface area (Å²) in [5.41, 5.74) is 0.0852. The van der Waals surface area contributed by atoms with Gasteiger partial charge in [0.15, 0.2) is 17.4 Å². The number of benzene rings is 2. The van der Waals surface area contributed by atoms with Crippen LogP contribution in [0.5, 0.6) is 5.75 Å². The molecule has 0 saturated carbocycles. The monoisotopic (exact) mass is 450 g/mol. The SMILES string of the molecule is Cc1c(C(C)C(=O)NCC(=O)O)c2c(F)c(O)c(F)cc2n1C(=O)c1cccc(Cl)c1. The fraction of sp³-hybridized carbons (Fsp3) is 0.190. The number of halogens is 3. The average molecular weight is 451 g/mol. The number of carbonyl (C=O) groups is 3. The van der Waals surface area contributed by atoms with E-state index >= 15 is 0 Å². The maximum atomic E-state index is 14.9. The molecule has 3 N–H and O–H groups in total. The Kier molecular flexibility index (Phi) is 5.99. The van der Waals surface area contributed by atoms with Gasteiger partial charge in [-0.25, -0.2) is 8.78 Å². The van der Waals surface area contributed by atoms with Crippen LogP contribution in [0.2, 0.25) is 5.02 Å². The van der Waals surface area contributed by atoms with Gasteiger partial charge >= 0.3 is 5.97 Å². The van der Waals surface area contributed by atoms with E-state index in [4.69, 9.17) is 16.7 Å². The van der Waals surface area contributed by atoms with Gasteiger partial charge in [0.1, 0.15) is 6.54 Å². The number of phenols is 1. The van der Waals surface area contributed by atoms with Gasteiger partial charge in [-0.2, -0.15) is 0 Å². The van der Waals surface area contributed by atoms with E-state index in [0.29, 0.717) is 0 Å². The summed E-state index contributed by atoms with van der Waals surface area (Å²) in [4.78, 5) is 36.4. The number of carboxylic acids is 1. The van der Waals surface area contributed by atoms with Crippen molar-refractivity contribution in [2.75, 3.05) is 6.54 Å². The zero-order valence-electron chi connectivity index (χ0n) is 16.4. The number of hydrogen-bond donors (Lipinski definition) is 3. The second-order valence-corrected chi connectivity index (χ2v) is 7.33. The molecule has 0 aliphatic rings. The van der Waals surface area contributed by atoms with Gasteiger partial charge in [0.25, 0.3) is 5.91 Å². The number of nitrogens with zero attached hydrogens (tertiary/aromatic N) is 1. The third kappa shape index (κ3) is 3.96. The summed E-state index contributed by atoms with van der Waals surface area (Å²) >= 11 is 5.95. The van der Waals surface area contributed by atoms with Gasteiger partial charge in [-0.1, -0.05) is 17.7 Å². The van der Waals surface area contributed by atoms with E-state index in [9.17, 15) is 28.3 Å². The van der Waals surface area contributed by atoms with Crippen molar-refractivity contribution in [3.8, 4) is 5.75 Å². The first kappa shape index (κ1) is 22.2. The number of hydrogen-bond acceptors (Lipinski definition) is 4. The van der Waals surface area contributed by atoms with Crippen molar-refractivity contribution in [1.29, 1.82) is 0 Å². The van der Waals surface area contributed by atoms with Gasteiger partial charge in [-0.05, 0) is 37.6 Å². The number of carboxylic acid groups (broad SMARTS) is 1. The molecule has 0 aliphatic heterocycles. The lowest BCUT2D eigenvalue weighted by atomic mass is 9.96. The number of carbonyl (C=O) groups excluding carboxylic acids is 2. The summed E-state index contributed by atoms with van der Waals surface area (Å²) in [6, 6.07) is 6.73. The van der Waals surface area contributed by atoms with Crippen LogP contribution in [0, 0.1) is 18.6 Å². The number of aromatic hydroxyl groups is 1. The summed E-state index contributed by atoms with van der Waals surface area (Å²) < 4.78 is 30.1. The zero-order chi connectivity index (χ0) is 23.0. The number of fused-ring (bicyclic) bond motifs is 1. The molecule has 7 nitrogen and oxygen atoms in total. The van der Waals surface area contributed by atoms with Gasteiger partial charge in [-0.15, -0.1) is 0 Å². The molecule has 1 aromatic heterocycles. The van der Waals surface area contributed by atoms with E-state index in [0.717, 1.165) is 10.6 Å². The van der Waals surface area contributed by atoms with Crippen LogP contribution in [-0.4, -0.2) is 39.1 Å². The second-order valence-electron chi connectivity index (χ2n) is 6.90. The van der Waals surface area contributed by atoms with Crippen molar-refractivity contribution in [1.82, 2.24) is 9.88 Å². The van der Waals surface area contributed by atoms with Crippen molar-refractivity contribution in [2.45, 2.75) is 19.8 Å². The Morgan fingerprint density at radius 1 is 1.23 bits per heavy atom. The molecule has 0 saturated heterocycles. The fourth-order valence-corrected chi connectivity index (χ4v) is 3.69. The highest BCUT2D eigenvalue weighted by Gasteiger charge is 2.30. The van der Waals surface area contributed by atoms with Gasteiger partial charge in [0.05, 0.1) is 11.4 Å². The average Bonchev–Trinajstić information content (AvgIpc) is 3.00. The molecule has 0 aliphatic carbocycles. The van der Waals surface area contributed by atoms with Crippen molar-refractivity contribution >= 4 is 40.3 Å². The molecule has 1 unspecified atom stereocenters. The number of rotatable bonds is 5. The number of amides is 1. The molecule has 0 radical (unpaired) electrons. The minimum absolute atomic E-state index is 0.0149. The number of aliphatic carboxylic acids is 1. The summed E-state index contributed by atoms with van der Waals surface area (Å²) in [5, 5.41) is 20.7. The molecular formula is C21H17ClF2N2O5. The molecule has 10 heteroatoms. The Hall–Kier alpha value is -3.46. The molecule has 0 spiro atoms. The second kappa shape index (κ2) is 8.35. The smallest absolute Gasteiger partial charge is 0.322 e. The van der Waals surface area contributed by atoms with E-state index in [1.165, 1.54) is 32.0 Å². The summed E-state index contributed by atoms with van der Waals surface area (Å²) in [5.74, 6) is -7.65. The maximum Gasteiger partial charge on any atom is 0.322 e. The Morgan fingerprint density at radius 2 is 1.90 bits per heavy atom. The Balaban J connectivity index is 2.27. The predicted molar refractivity (Wildman–Crippen MR) is 108 cm³/mol. The molecule has 0 fully saturated rings. The van der Waals surface area contributed by atoms with Gasteiger partial charge in [0, 0.05) is 27.7 Å². The van der Waals surface area contributed by atoms with Crippen LogP contribution in [0.3, 0.4) is 0 Å². The molecule has 1 heterocycles. The summed E-state index contributed by atoms with van der Waals surface area (Å²) in [6.07, 6.45) is 0. The van der Waals surface area contributed by atoms with Gasteiger partial charge in [-0.3, -0.25) is 19.0 Å². The minimum atomic E-state index is -1.33. The van der Waals surface area contributed by atoms with Crippen LogP contribution < -0.4 is 5.32 Å². The van der Waals surface area contributed by atoms with Crippen molar-refractivity contribution in [2.24, 2.45) is 0 Å². The standard InChI is InChI=1S/C21H17ClF2N2O5/c1-9(20(30)25-8-15(27)28)16-10(2)26(21(31)11-4-3-5-12(22)6-11)14-7-13(23)19(29)18(24)17(14)16/h3-7,9,29H,8H2,1-2H3,(H,25,30)(H,27,28). The quantitative estimate of drug-likeness (QED) is 0.550. The minimum Gasteiger partial charge on any atom is -0.503 e. The van der Waals surface area contributed by atoms with Crippen molar-refractivity contribution < 1.29 is 33.4 Å². The van der Waals surface area contributed by atoms with E-state index in [1.807, 2.05) is 0 Å². The predicted octanol–water partition coefficient (Wildman–Crippen LogP) is 3.58. The number of nitrogens with one attached hydrogen (secondary N) is 1. The molecule has 3 rings (SSSR count). The zero-order valence-corrected chi connectivity index (χ0v) is 17.1. The third-order valence-corrected chi connectivity index (χ3v) is 5.16. The topological polar surface area (TPSA) is 109 Å². The van der Waals surface area contributed by atoms with Crippen LogP contribution >= 0.6 is 11.6 Å². The van der Waals surface area contributed by atoms with E-state index in [2.05, 4.69) is 5.32 Å². The highest BCUT2D eigenvalue weighted by Crippen LogP contribution is 2.38. The fourth-order valence-electron chi connectivity index (χ4n) is 3.50. The Morgan fingerprint density at radius 3 is 2.52 bits per heavy atom. The van der Waals surface area contributed by atoms with Crippen LogP contribution in [0.15, 0.2) is 30.3 Å². The molecule has 3 aromatic rings. The first-order chi connectivity index (χ1) is 14.5. The van der Waals surface area contributed by atoms with Crippen LogP contribution in [0.4, 0.5) is 8.78 Å². The Labute approximate surface area is 179 Å². The molecule has 0 bridgehead atoms. The molecule has 31 heavy (non-hydrogen) atoms. The normalized spacial score (nSPS) is 12.0. The highest BCUT2D eigenvalue weighted by atomic mass is 35.5. The van der Waals surface area contributed by atoms with Crippen LogP contribution in [0.25, 0.3) is 10.9 Å². The number of phenolic OH excluding ortho intramolecular Hbond substituents is 1. The third-order valence-electron chi connectivity index (χ3n) is 4.92. The summed E-state index contributed by atoms with van der Waals surface area (Å²) in [7, 11) is 0. The van der Waals surface area contributed by atoms with Gasteiger partial charge in [0.2, 0.25) is 5.91 Å². The maximum absolute atomic E-state index is 14.9. The molecule has 2 aromatic carbocycles. The van der Waals surface area contributed by atoms with Crippen molar-refractivity contribution in [3.05, 3.63) is 63.8 Å². The van der Waals surface area contributed by atoms with E-state index < -0.39 is 47.6 Å². The molecule has 1 atom stereocenters. The molecule has 1 amide bonds. The number of aromatic nitrogens is 1. The lowest BCUT2D eigenvalue weighted by Gasteiger charge is -2.13. The van der Waals surface area contributed by atoms with Crippen molar-refractivity contribution in [3.63, 3.8) is 0 Å². The first-order valence-electron chi connectivity index (χ1n) is 9.06. The lowest BCUT2D eigenvalue weighted by molar-refractivity contribution is -0.138. The lowest BCUT2D eigenvalue weighted by Crippen LogP contribution is -2.32. The van der Waals surface area contributed by atoms with E-state index in [1.54, 1.807) is 6.07 Å².